The first kappa shape index (κ1) is 25.1. The fraction of sp³-hybridized carbons (Fsp3) is 0.222. The van der Waals surface area contributed by atoms with Crippen molar-refractivity contribution < 1.29 is 31.9 Å². The predicted octanol–water partition coefficient (Wildman–Crippen LogP) is 5.66. The molecule has 2 aromatic heterocycles. The maximum Gasteiger partial charge on any atom is 0.573 e. The second-order valence-electron chi connectivity index (χ2n) is 8.81. The number of alkyl halides is 3. The molecule has 0 unspecified atom stereocenters. The number of nitrogens with one attached hydrogen (secondary N) is 1. The fourth-order valence-electron chi connectivity index (χ4n) is 4.34. The minimum absolute atomic E-state index is 0.0401. The number of hydrogen-bond acceptors (Lipinski definition) is 5. The van der Waals surface area contributed by atoms with E-state index in [1.807, 2.05) is 30.3 Å². The van der Waals surface area contributed by atoms with Gasteiger partial charge >= 0.3 is 6.36 Å². The lowest BCUT2D eigenvalue weighted by molar-refractivity contribution is -0.274. The number of carbonyl (C=O) groups is 2. The zero-order valence-electron chi connectivity index (χ0n) is 20.0. The van der Waals surface area contributed by atoms with Crippen LogP contribution in [0.1, 0.15) is 35.0 Å². The second-order valence-corrected chi connectivity index (χ2v) is 8.81. The topological polar surface area (TPSA) is 89.6 Å². The molecule has 1 fully saturated rings. The Hall–Kier alpha value is -4.54. The quantitative estimate of drug-likeness (QED) is 0.329. The average molecular weight is 524 g/mol. The molecule has 11 heteroatoms. The Morgan fingerprint density at radius 1 is 1.08 bits per heavy atom. The zero-order valence-corrected chi connectivity index (χ0v) is 20.0. The van der Waals surface area contributed by atoms with E-state index in [0.717, 1.165) is 23.1 Å². The summed E-state index contributed by atoms with van der Waals surface area (Å²) < 4.78 is 48.3. The lowest BCUT2D eigenvalue weighted by atomic mass is 10.0. The number of amides is 2. The first-order valence-corrected chi connectivity index (χ1v) is 11.9. The molecular weight excluding hydrogens is 501 g/mol. The number of likely N-dealkylation sites (tertiary alicyclic amines) is 1. The number of piperidine rings is 1. The van der Waals surface area contributed by atoms with Crippen LogP contribution in [0.15, 0.2) is 77.5 Å². The highest BCUT2D eigenvalue weighted by Gasteiger charge is 2.31. The number of furan rings is 1. The fourth-order valence-corrected chi connectivity index (χ4v) is 4.34. The van der Waals surface area contributed by atoms with E-state index >= 15 is 0 Å². The van der Waals surface area contributed by atoms with Gasteiger partial charge in [-0.25, -0.2) is 0 Å². The van der Waals surface area contributed by atoms with Crippen LogP contribution < -0.4 is 10.1 Å². The lowest BCUT2D eigenvalue weighted by Crippen LogP contribution is -2.39. The van der Waals surface area contributed by atoms with Gasteiger partial charge in [-0.1, -0.05) is 18.2 Å². The van der Waals surface area contributed by atoms with Gasteiger partial charge in [0.1, 0.15) is 17.1 Å². The van der Waals surface area contributed by atoms with Gasteiger partial charge in [-0.05, 0) is 55.3 Å². The third-order valence-corrected chi connectivity index (χ3v) is 6.17. The number of carbonyl (C=O) groups excluding carboxylic acids is 2. The standard InChI is InChI=1S/C27H23F3N4O4/c28-27(29,30)38-22-7-5-18(6-8-22)26(36)33-13-11-21(12-14-33)34-17-20(16-31-34)32-25(35)10-9-23-15-19-3-1-2-4-24(19)37-23/h1-10,15-17,21H,11-14H2,(H,32,35)/b10-9+. The van der Waals surface area contributed by atoms with Crippen molar-refractivity contribution in [2.75, 3.05) is 18.4 Å². The maximum absolute atomic E-state index is 12.8. The van der Waals surface area contributed by atoms with E-state index in [1.165, 1.54) is 18.2 Å². The smallest absolute Gasteiger partial charge is 0.457 e. The van der Waals surface area contributed by atoms with Gasteiger partial charge in [0.25, 0.3) is 5.91 Å². The number of ether oxygens (including phenoxy) is 1. The van der Waals surface area contributed by atoms with Crippen LogP contribution in [0.25, 0.3) is 17.0 Å². The SMILES string of the molecule is O=C(/C=C/c1cc2ccccc2o1)Nc1cnn(C2CCN(C(=O)c3ccc(OC(F)(F)F)cc3)CC2)c1. The summed E-state index contributed by atoms with van der Waals surface area (Å²) in [5.41, 5.74) is 1.58. The van der Waals surface area contributed by atoms with Crippen LogP contribution >= 0.6 is 0 Å². The summed E-state index contributed by atoms with van der Waals surface area (Å²) in [5.74, 6) is -0.382. The Morgan fingerprint density at radius 2 is 1.82 bits per heavy atom. The molecule has 0 bridgehead atoms. The number of nitrogens with zero attached hydrogens (tertiary/aromatic N) is 3. The van der Waals surface area contributed by atoms with Crippen LogP contribution in [0.3, 0.4) is 0 Å². The summed E-state index contributed by atoms with van der Waals surface area (Å²) in [5, 5.41) is 8.09. The molecule has 0 saturated carbocycles. The summed E-state index contributed by atoms with van der Waals surface area (Å²) in [6, 6.07) is 14.4. The number of para-hydroxylation sites is 1. The van der Waals surface area contributed by atoms with Crippen molar-refractivity contribution in [3.63, 3.8) is 0 Å². The number of rotatable bonds is 6. The Labute approximate surface area is 215 Å². The van der Waals surface area contributed by atoms with Crippen molar-refractivity contribution in [2.45, 2.75) is 25.2 Å². The van der Waals surface area contributed by atoms with Gasteiger partial charge < -0.3 is 19.4 Å². The molecule has 0 radical (unpaired) electrons. The number of aromatic nitrogens is 2. The molecule has 1 N–H and O–H groups in total. The van der Waals surface area contributed by atoms with Crippen LogP contribution in [-0.4, -0.2) is 45.9 Å². The molecule has 8 nitrogen and oxygen atoms in total. The third kappa shape index (κ3) is 6.05. The van der Waals surface area contributed by atoms with Gasteiger partial charge in [0.05, 0.1) is 17.9 Å². The van der Waals surface area contributed by atoms with E-state index in [2.05, 4.69) is 15.2 Å². The number of halogens is 3. The van der Waals surface area contributed by atoms with Crippen molar-refractivity contribution >= 4 is 34.5 Å². The van der Waals surface area contributed by atoms with Gasteiger partial charge in [0.15, 0.2) is 0 Å². The minimum atomic E-state index is -4.78. The van der Waals surface area contributed by atoms with Crippen molar-refractivity contribution in [3.8, 4) is 5.75 Å². The van der Waals surface area contributed by atoms with Gasteiger partial charge in [-0.2, -0.15) is 5.10 Å². The van der Waals surface area contributed by atoms with Crippen LogP contribution in [0.2, 0.25) is 0 Å². The summed E-state index contributed by atoms with van der Waals surface area (Å²) >= 11 is 0. The van der Waals surface area contributed by atoms with Gasteiger partial charge in [-0.15, -0.1) is 13.2 Å². The predicted molar refractivity (Wildman–Crippen MR) is 133 cm³/mol. The van der Waals surface area contributed by atoms with E-state index in [1.54, 1.807) is 28.1 Å². The first-order chi connectivity index (χ1) is 18.2. The number of benzene rings is 2. The molecule has 0 spiro atoms. The molecule has 196 valence electrons. The minimum Gasteiger partial charge on any atom is -0.457 e. The average Bonchev–Trinajstić information content (AvgIpc) is 3.53. The van der Waals surface area contributed by atoms with Gasteiger partial charge in [0.2, 0.25) is 5.91 Å². The summed E-state index contributed by atoms with van der Waals surface area (Å²) in [6.45, 7) is 0.929. The molecule has 3 heterocycles. The molecular formula is C27H23F3N4O4. The van der Waals surface area contributed by atoms with E-state index in [9.17, 15) is 22.8 Å². The Morgan fingerprint density at radius 3 is 2.53 bits per heavy atom. The monoisotopic (exact) mass is 524 g/mol. The van der Waals surface area contributed by atoms with Gasteiger partial charge in [-0.3, -0.25) is 14.3 Å². The highest BCUT2D eigenvalue weighted by molar-refractivity contribution is 6.01. The van der Waals surface area contributed by atoms with Crippen LogP contribution in [0.4, 0.5) is 18.9 Å². The Balaban J connectivity index is 1.12. The Bertz CT molecular complexity index is 1430. The summed E-state index contributed by atoms with van der Waals surface area (Å²) in [7, 11) is 0. The molecule has 5 rings (SSSR count). The van der Waals surface area contributed by atoms with Crippen molar-refractivity contribution in [2.24, 2.45) is 0 Å². The number of anilines is 1. The highest BCUT2D eigenvalue weighted by Crippen LogP contribution is 2.26. The number of hydrogen-bond donors (Lipinski definition) is 1. The molecule has 1 aliphatic heterocycles. The molecule has 4 aromatic rings. The van der Waals surface area contributed by atoms with E-state index in [-0.39, 0.29) is 29.2 Å². The number of fused-ring (bicyclic) bond motifs is 1. The van der Waals surface area contributed by atoms with E-state index in [0.29, 0.717) is 37.4 Å². The second kappa shape index (κ2) is 10.4. The largest absolute Gasteiger partial charge is 0.573 e. The van der Waals surface area contributed by atoms with Gasteiger partial charge in [0, 0.05) is 36.3 Å². The molecule has 1 aliphatic rings. The molecule has 2 amide bonds. The molecule has 1 saturated heterocycles. The molecule has 38 heavy (non-hydrogen) atoms. The Kier molecular flexibility index (Phi) is 6.91. The zero-order chi connectivity index (χ0) is 26.7. The van der Waals surface area contributed by atoms with Crippen LogP contribution in [-0.2, 0) is 4.79 Å². The summed E-state index contributed by atoms with van der Waals surface area (Å²) in [4.78, 5) is 26.8. The maximum atomic E-state index is 12.8. The van der Waals surface area contributed by atoms with Crippen molar-refractivity contribution in [1.29, 1.82) is 0 Å². The highest BCUT2D eigenvalue weighted by atomic mass is 19.4. The third-order valence-electron chi connectivity index (χ3n) is 6.17. The molecule has 0 aliphatic carbocycles. The van der Waals surface area contributed by atoms with Crippen LogP contribution in [0, 0.1) is 0 Å². The van der Waals surface area contributed by atoms with Crippen molar-refractivity contribution in [1.82, 2.24) is 14.7 Å². The van der Waals surface area contributed by atoms with Crippen LogP contribution in [0.5, 0.6) is 5.75 Å². The molecule has 2 aromatic carbocycles. The first-order valence-electron chi connectivity index (χ1n) is 11.9. The summed E-state index contributed by atoms with van der Waals surface area (Å²) in [6.07, 6.45) is 2.80. The van der Waals surface area contributed by atoms with Crippen molar-refractivity contribution in [3.05, 3.63) is 84.4 Å². The van der Waals surface area contributed by atoms with E-state index < -0.39 is 6.36 Å². The van der Waals surface area contributed by atoms with E-state index in [4.69, 9.17) is 4.42 Å². The normalized spacial score (nSPS) is 14.8. The lowest BCUT2D eigenvalue weighted by Gasteiger charge is -2.32. The molecule has 0 atom stereocenters.